The standard InChI is InChI=1S/C20H19ClN4O2/c1-13-7-18(19(27-2)9-17(13)21)25-16-8-15(11-23-12-16)20(26)24-10-14-3-5-22-6-4-14/h3-9,11-12,25H,10H2,1-2H3,(H,24,26). The van der Waals surface area contributed by atoms with Crippen LogP contribution in [-0.2, 0) is 6.54 Å². The number of nitrogens with one attached hydrogen (secondary N) is 2. The van der Waals surface area contributed by atoms with E-state index in [1.54, 1.807) is 37.8 Å². The number of carbonyl (C=O) groups is 1. The lowest BCUT2D eigenvalue weighted by molar-refractivity contribution is 0.0950. The third-order valence-electron chi connectivity index (χ3n) is 3.96. The number of amides is 1. The monoisotopic (exact) mass is 382 g/mol. The van der Waals surface area contributed by atoms with E-state index in [-0.39, 0.29) is 5.91 Å². The van der Waals surface area contributed by atoms with E-state index in [0.29, 0.717) is 28.6 Å². The summed E-state index contributed by atoms with van der Waals surface area (Å²) < 4.78 is 5.37. The molecule has 1 aromatic carbocycles. The second kappa shape index (κ2) is 8.51. The molecular weight excluding hydrogens is 364 g/mol. The van der Waals surface area contributed by atoms with Crippen molar-refractivity contribution in [2.24, 2.45) is 0 Å². The first-order valence-electron chi connectivity index (χ1n) is 8.30. The van der Waals surface area contributed by atoms with Gasteiger partial charge in [-0.25, -0.2) is 0 Å². The first kappa shape index (κ1) is 18.7. The zero-order valence-electron chi connectivity index (χ0n) is 15.0. The van der Waals surface area contributed by atoms with Crippen molar-refractivity contribution in [1.82, 2.24) is 15.3 Å². The number of methoxy groups -OCH3 is 1. The van der Waals surface area contributed by atoms with Crippen LogP contribution in [0.5, 0.6) is 5.75 Å². The number of anilines is 2. The summed E-state index contributed by atoms with van der Waals surface area (Å²) in [5.41, 5.74) is 3.77. The third-order valence-corrected chi connectivity index (χ3v) is 4.37. The normalized spacial score (nSPS) is 10.3. The van der Waals surface area contributed by atoms with E-state index < -0.39 is 0 Å². The Balaban J connectivity index is 1.74. The van der Waals surface area contributed by atoms with E-state index in [1.807, 2.05) is 25.1 Å². The van der Waals surface area contributed by atoms with E-state index in [1.165, 1.54) is 6.20 Å². The van der Waals surface area contributed by atoms with Crippen LogP contribution in [0.4, 0.5) is 11.4 Å². The Morgan fingerprint density at radius 3 is 2.67 bits per heavy atom. The van der Waals surface area contributed by atoms with Gasteiger partial charge in [0.05, 0.1) is 30.2 Å². The summed E-state index contributed by atoms with van der Waals surface area (Å²) in [4.78, 5) is 20.5. The van der Waals surface area contributed by atoms with Gasteiger partial charge in [-0.05, 0) is 42.3 Å². The predicted octanol–water partition coefficient (Wildman–Crippen LogP) is 4.12. The Morgan fingerprint density at radius 1 is 1.15 bits per heavy atom. The van der Waals surface area contributed by atoms with Gasteiger partial charge in [0.25, 0.3) is 5.91 Å². The number of ether oxygens (including phenoxy) is 1. The van der Waals surface area contributed by atoms with Crippen LogP contribution in [0.1, 0.15) is 21.5 Å². The third kappa shape index (κ3) is 4.74. The van der Waals surface area contributed by atoms with Crippen LogP contribution in [0.25, 0.3) is 0 Å². The smallest absolute Gasteiger partial charge is 0.253 e. The molecule has 27 heavy (non-hydrogen) atoms. The molecule has 0 fully saturated rings. The lowest BCUT2D eigenvalue weighted by atomic mass is 10.2. The molecule has 0 saturated carbocycles. The van der Waals surface area contributed by atoms with Crippen LogP contribution in [0, 0.1) is 6.92 Å². The summed E-state index contributed by atoms with van der Waals surface area (Å²) >= 11 is 6.14. The molecule has 138 valence electrons. The molecule has 6 nitrogen and oxygen atoms in total. The van der Waals surface area contributed by atoms with Crippen molar-refractivity contribution < 1.29 is 9.53 Å². The van der Waals surface area contributed by atoms with Gasteiger partial charge in [0, 0.05) is 36.2 Å². The van der Waals surface area contributed by atoms with E-state index in [9.17, 15) is 4.79 Å². The second-order valence-electron chi connectivity index (χ2n) is 5.93. The fraction of sp³-hybridized carbons (Fsp3) is 0.150. The van der Waals surface area contributed by atoms with E-state index in [4.69, 9.17) is 16.3 Å². The molecule has 0 unspecified atom stereocenters. The molecule has 0 aliphatic carbocycles. The number of rotatable bonds is 6. The minimum absolute atomic E-state index is 0.206. The Bertz CT molecular complexity index is 948. The SMILES string of the molecule is COc1cc(Cl)c(C)cc1Nc1cncc(C(=O)NCc2ccncc2)c1. The largest absolute Gasteiger partial charge is 0.495 e. The van der Waals surface area contributed by atoms with Gasteiger partial charge in [0.2, 0.25) is 0 Å². The number of benzene rings is 1. The molecule has 0 radical (unpaired) electrons. The molecule has 2 N–H and O–H groups in total. The van der Waals surface area contributed by atoms with Crippen LogP contribution < -0.4 is 15.4 Å². The van der Waals surface area contributed by atoms with Gasteiger partial charge in [-0.3, -0.25) is 14.8 Å². The van der Waals surface area contributed by atoms with Gasteiger partial charge in [-0.15, -0.1) is 0 Å². The molecule has 7 heteroatoms. The van der Waals surface area contributed by atoms with Crippen molar-refractivity contribution in [3.8, 4) is 5.75 Å². The number of aryl methyl sites for hydroxylation is 1. The summed E-state index contributed by atoms with van der Waals surface area (Å²) in [6.07, 6.45) is 6.55. The maximum Gasteiger partial charge on any atom is 0.253 e. The number of pyridine rings is 2. The summed E-state index contributed by atoms with van der Waals surface area (Å²) in [5, 5.41) is 6.72. The number of hydrogen-bond acceptors (Lipinski definition) is 5. The molecular formula is C20H19ClN4O2. The van der Waals surface area contributed by atoms with Crippen LogP contribution in [-0.4, -0.2) is 23.0 Å². The first-order chi connectivity index (χ1) is 13.1. The topological polar surface area (TPSA) is 76.1 Å². The molecule has 0 saturated heterocycles. The molecule has 2 heterocycles. The maximum atomic E-state index is 12.4. The van der Waals surface area contributed by atoms with E-state index in [0.717, 1.165) is 16.8 Å². The zero-order chi connectivity index (χ0) is 19.2. The van der Waals surface area contributed by atoms with Gasteiger partial charge < -0.3 is 15.4 Å². The van der Waals surface area contributed by atoms with Crippen molar-refractivity contribution in [2.75, 3.05) is 12.4 Å². The van der Waals surface area contributed by atoms with Gasteiger partial charge in [-0.1, -0.05) is 11.6 Å². The Hall–Kier alpha value is -3.12. The van der Waals surface area contributed by atoms with Gasteiger partial charge in [-0.2, -0.15) is 0 Å². The number of aromatic nitrogens is 2. The summed E-state index contributed by atoms with van der Waals surface area (Å²) in [7, 11) is 1.58. The Kier molecular flexibility index (Phi) is 5.88. The second-order valence-corrected chi connectivity index (χ2v) is 6.33. The molecule has 0 bridgehead atoms. The molecule has 0 aliphatic heterocycles. The minimum atomic E-state index is -0.206. The average molecular weight is 383 g/mol. The van der Waals surface area contributed by atoms with Gasteiger partial charge >= 0.3 is 0 Å². The lowest BCUT2D eigenvalue weighted by Gasteiger charge is -2.13. The average Bonchev–Trinajstić information content (AvgIpc) is 2.69. The fourth-order valence-corrected chi connectivity index (χ4v) is 2.66. The fourth-order valence-electron chi connectivity index (χ4n) is 2.50. The van der Waals surface area contributed by atoms with Crippen molar-refractivity contribution in [2.45, 2.75) is 13.5 Å². The highest BCUT2D eigenvalue weighted by atomic mass is 35.5. The molecule has 3 rings (SSSR count). The minimum Gasteiger partial charge on any atom is -0.495 e. The summed E-state index contributed by atoms with van der Waals surface area (Å²) in [5.74, 6) is 0.403. The summed E-state index contributed by atoms with van der Waals surface area (Å²) in [6.45, 7) is 2.33. The molecule has 0 spiro atoms. The maximum absolute atomic E-state index is 12.4. The molecule has 2 aromatic heterocycles. The number of halogens is 1. The molecule has 1 amide bonds. The Labute approximate surface area is 162 Å². The number of hydrogen-bond donors (Lipinski definition) is 2. The number of carbonyl (C=O) groups excluding carboxylic acids is 1. The highest BCUT2D eigenvalue weighted by Crippen LogP contribution is 2.33. The van der Waals surface area contributed by atoms with E-state index >= 15 is 0 Å². The predicted molar refractivity (Wildman–Crippen MR) is 106 cm³/mol. The Morgan fingerprint density at radius 2 is 1.93 bits per heavy atom. The van der Waals surface area contributed by atoms with Gasteiger partial charge in [0.15, 0.2) is 0 Å². The van der Waals surface area contributed by atoms with Crippen LogP contribution in [0.15, 0.2) is 55.1 Å². The van der Waals surface area contributed by atoms with E-state index in [2.05, 4.69) is 20.6 Å². The molecule has 3 aromatic rings. The highest BCUT2D eigenvalue weighted by Gasteiger charge is 2.10. The van der Waals surface area contributed by atoms with Crippen molar-refractivity contribution in [3.05, 3.63) is 76.8 Å². The first-order valence-corrected chi connectivity index (χ1v) is 8.68. The van der Waals surface area contributed by atoms with Crippen molar-refractivity contribution in [3.63, 3.8) is 0 Å². The quantitative estimate of drug-likeness (QED) is 0.670. The van der Waals surface area contributed by atoms with Gasteiger partial charge in [0.1, 0.15) is 5.75 Å². The number of nitrogens with zero attached hydrogens (tertiary/aromatic N) is 2. The van der Waals surface area contributed by atoms with Crippen LogP contribution in [0.2, 0.25) is 5.02 Å². The molecule has 0 atom stereocenters. The summed E-state index contributed by atoms with van der Waals surface area (Å²) in [6, 6.07) is 9.07. The zero-order valence-corrected chi connectivity index (χ0v) is 15.7. The van der Waals surface area contributed by atoms with Crippen molar-refractivity contribution >= 4 is 28.9 Å². The molecule has 0 aliphatic rings. The van der Waals surface area contributed by atoms with Crippen LogP contribution >= 0.6 is 11.6 Å². The lowest BCUT2D eigenvalue weighted by Crippen LogP contribution is -2.23. The highest BCUT2D eigenvalue weighted by molar-refractivity contribution is 6.31. The van der Waals surface area contributed by atoms with Crippen molar-refractivity contribution in [1.29, 1.82) is 0 Å². The van der Waals surface area contributed by atoms with Crippen LogP contribution in [0.3, 0.4) is 0 Å².